The Kier molecular flexibility index (Phi) is 10.6. The number of benzene rings is 2. The molecule has 2 aromatic carbocycles. The summed E-state index contributed by atoms with van der Waals surface area (Å²) in [6, 6.07) is 22.1. The molecular formula is C24H29IN4O2. The maximum Gasteiger partial charge on any atom is 0.213 e. The highest BCUT2D eigenvalue weighted by atomic mass is 127. The minimum atomic E-state index is 0. The molecule has 0 radical (unpaired) electrons. The smallest absolute Gasteiger partial charge is 0.213 e. The van der Waals surface area contributed by atoms with Crippen molar-refractivity contribution in [1.82, 2.24) is 15.6 Å². The molecule has 0 aliphatic rings. The fourth-order valence-electron chi connectivity index (χ4n) is 2.89. The normalized spacial score (nSPS) is 10.7. The van der Waals surface area contributed by atoms with Crippen LogP contribution < -0.4 is 20.1 Å². The van der Waals surface area contributed by atoms with E-state index in [2.05, 4.69) is 32.7 Å². The number of rotatable bonds is 9. The van der Waals surface area contributed by atoms with Gasteiger partial charge in [-0.15, -0.1) is 24.0 Å². The highest BCUT2D eigenvalue weighted by molar-refractivity contribution is 14.0. The van der Waals surface area contributed by atoms with Crippen LogP contribution in [0.1, 0.15) is 16.7 Å². The zero-order chi connectivity index (χ0) is 21.0. The molecule has 6 nitrogen and oxygen atoms in total. The highest BCUT2D eigenvalue weighted by Crippen LogP contribution is 2.12. The van der Waals surface area contributed by atoms with Crippen molar-refractivity contribution in [2.45, 2.75) is 19.6 Å². The van der Waals surface area contributed by atoms with E-state index in [1.807, 2.05) is 54.6 Å². The van der Waals surface area contributed by atoms with Gasteiger partial charge in [0.1, 0.15) is 12.4 Å². The Balaban J connectivity index is 0.00000341. The molecule has 0 atom stereocenters. The summed E-state index contributed by atoms with van der Waals surface area (Å²) in [6.45, 7) is 1.92. The van der Waals surface area contributed by atoms with Crippen LogP contribution in [-0.2, 0) is 19.6 Å². The number of nitrogens with one attached hydrogen (secondary N) is 2. The van der Waals surface area contributed by atoms with Crippen molar-refractivity contribution >= 4 is 29.9 Å². The van der Waals surface area contributed by atoms with Gasteiger partial charge in [-0.25, -0.2) is 4.98 Å². The molecule has 0 spiro atoms. The lowest BCUT2D eigenvalue weighted by atomic mass is 10.1. The number of guanidine groups is 1. The number of ether oxygens (including phenoxy) is 2. The van der Waals surface area contributed by atoms with Crippen LogP contribution in [0.3, 0.4) is 0 Å². The van der Waals surface area contributed by atoms with E-state index in [1.54, 1.807) is 20.4 Å². The Hall–Kier alpha value is -2.81. The van der Waals surface area contributed by atoms with E-state index in [1.165, 1.54) is 5.56 Å². The van der Waals surface area contributed by atoms with Gasteiger partial charge in [0.05, 0.1) is 7.11 Å². The molecule has 0 aliphatic carbocycles. The summed E-state index contributed by atoms with van der Waals surface area (Å²) in [5.41, 5.74) is 3.43. The maximum atomic E-state index is 5.80. The molecule has 1 heterocycles. The monoisotopic (exact) mass is 532 g/mol. The molecule has 0 bridgehead atoms. The second-order valence-electron chi connectivity index (χ2n) is 6.73. The molecule has 1 aromatic heterocycles. The van der Waals surface area contributed by atoms with Crippen LogP contribution in [0.2, 0.25) is 0 Å². The van der Waals surface area contributed by atoms with Crippen molar-refractivity contribution < 1.29 is 9.47 Å². The Morgan fingerprint density at radius 3 is 2.42 bits per heavy atom. The molecule has 3 rings (SSSR count). The molecule has 7 heteroatoms. The van der Waals surface area contributed by atoms with Gasteiger partial charge in [-0.05, 0) is 41.3 Å². The Morgan fingerprint density at radius 1 is 0.935 bits per heavy atom. The first-order valence-corrected chi connectivity index (χ1v) is 9.96. The van der Waals surface area contributed by atoms with Crippen LogP contribution >= 0.6 is 24.0 Å². The molecule has 31 heavy (non-hydrogen) atoms. The van der Waals surface area contributed by atoms with Crippen molar-refractivity contribution in [2.75, 3.05) is 20.7 Å². The fourth-order valence-corrected chi connectivity index (χ4v) is 2.89. The minimum absolute atomic E-state index is 0. The van der Waals surface area contributed by atoms with Gasteiger partial charge < -0.3 is 20.1 Å². The van der Waals surface area contributed by atoms with Gasteiger partial charge in [0, 0.05) is 32.4 Å². The van der Waals surface area contributed by atoms with Crippen LogP contribution in [-0.4, -0.2) is 31.6 Å². The lowest BCUT2D eigenvalue weighted by Crippen LogP contribution is -2.37. The SMILES string of the molecule is CN=C(NCCc1ccc(OC)cc1)NCc1ccnc(OCc2ccccc2)c1.I. The predicted molar refractivity (Wildman–Crippen MR) is 135 cm³/mol. The third-order valence-electron chi connectivity index (χ3n) is 4.58. The summed E-state index contributed by atoms with van der Waals surface area (Å²) in [4.78, 5) is 8.58. The van der Waals surface area contributed by atoms with Crippen LogP contribution in [0.15, 0.2) is 77.9 Å². The van der Waals surface area contributed by atoms with Crippen LogP contribution in [0.25, 0.3) is 0 Å². The largest absolute Gasteiger partial charge is 0.497 e. The molecule has 0 unspecified atom stereocenters. The first-order valence-electron chi connectivity index (χ1n) is 9.96. The van der Waals surface area contributed by atoms with Crippen molar-refractivity contribution in [1.29, 1.82) is 0 Å². The number of aromatic nitrogens is 1. The van der Waals surface area contributed by atoms with E-state index in [4.69, 9.17) is 9.47 Å². The zero-order valence-corrected chi connectivity index (χ0v) is 20.2. The van der Waals surface area contributed by atoms with Crippen molar-refractivity contribution in [3.05, 3.63) is 89.6 Å². The van der Waals surface area contributed by atoms with Gasteiger partial charge >= 0.3 is 0 Å². The number of hydrogen-bond donors (Lipinski definition) is 2. The number of hydrogen-bond acceptors (Lipinski definition) is 4. The Bertz CT molecular complexity index is 934. The van der Waals surface area contributed by atoms with Crippen LogP contribution in [0.4, 0.5) is 0 Å². The fraction of sp³-hybridized carbons (Fsp3) is 0.250. The van der Waals surface area contributed by atoms with E-state index < -0.39 is 0 Å². The van der Waals surface area contributed by atoms with Gasteiger partial charge in [0.15, 0.2) is 5.96 Å². The van der Waals surface area contributed by atoms with Crippen LogP contribution in [0.5, 0.6) is 11.6 Å². The van der Waals surface area contributed by atoms with Crippen molar-refractivity contribution in [3.8, 4) is 11.6 Å². The van der Waals surface area contributed by atoms with Gasteiger partial charge in [-0.2, -0.15) is 0 Å². The first-order chi connectivity index (χ1) is 14.8. The number of halogens is 1. The van der Waals surface area contributed by atoms with E-state index in [0.29, 0.717) is 19.0 Å². The lowest BCUT2D eigenvalue weighted by molar-refractivity contribution is 0.293. The van der Waals surface area contributed by atoms with Gasteiger partial charge in [-0.3, -0.25) is 4.99 Å². The Labute approximate surface area is 201 Å². The Morgan fingerprint density at radius 2 is 1.71 bits per heavy atom. The second-order valence-corrected chi connectivity index (χ2v) is 6.73. The summed E-state index contributed by atoms with van der Waals surface area (Å²) in [6.07, 6.45) is 2.66. The molecule has 2 N–H and O–H groups in total. The summed E-state index contributed by atoms with van der Waals surface area (Å²) in [7, 11) is 3.44. The quantitative estimate of drug-likeness (QED) is 0.246. The van der Waals surface area contributed by atoms with E-state index >= 15 is 0 Å². The number of methoxy groups -OCH3 is 1. The topological polar surface area (TPSA) is 67.8 Å². The molecule has 164 valence electrons. The predicted octanol–water partition coefficient (Wildman–Crippen LogP) is 4.19. The summed E-state index contributed by atoms with van der Waals surface area (Å²) >= 11 is 0. The molecule has 0 saturated carbocycles. The molecule has 0 aliphatic heterocycles. The van der Waals surface area contributed by atoms with Crippen molar-refractivity contribution in [2.24, 2.45) is 4.99 Å². The zero-order valence-electron chi connectivity index (χ0n) is 17.9. The molecule has 0 fully saturated rings. The molecule has 0 saturated heterocycles. The van der Waals surface area contributed by atoms with Crippen LogP contribution in [0, 0.1) is 0 Å². The van der Waals surface area contributed by atoms with E-state index in [0.717, 1.165) is 35.8 Å². The number of nitrogens with zero attached hydrogens (tertiary/aromatic N) is 2. The number of pyridine rings is 1. The summed E-state index contributed by atoms with van der Waals surface area (Å²) in [5.74, 6) is 2.24. The van der Waals surface area contributed by atoms with E-state index in [9.17, 15) is 0 Å². The third kappa shape index (κ3) is 8.45. The minimum Gasteiger partial charge on any atom is -0.497 e. The standard InChI is InChI=1S/C24H28N4O2.HI/c1-25-24(27-15-12-19-8-10-22(29-2)11-9-19)28-17-21-13-14-26-23(16-21)30-18-20-6-4-3-5-7-20;/h3-11,13-14,16H,12,15,17-18H2,1-2H3,(H2,25,27,28);1H. The lowest BCUT2D eigenvalue weighted by Gasteiger charge is -2.13. The first kappa shape index (κ1) is 24.5. The highest BCUT2D eigenvalue weighted by Gasteiger charge is 2.02. The second kappa shape index (κ2) is 13.5. The molecule has 3 aromatic rings. The molecular weight excluding hydrogens is 503 g/mol. The van der Waals surface area contributed by atoms with Crippen molar-refractivity contribution in [3.63, 3.8) is 0 Å². The van der Waals surface area contributed by atoms with Gasteiger partial charge in [0.2, 0.25) is 5.88 Å². The maximum absolute atomic E-state index is 5.80. The average Bonchev–Trinajstić information content (AvgIpc) is 2.81. The number of aliphatic imine (C=N–C) groups is 1. The van der Waals surface area contributed by atoms with Gasteiger partial charge in [-0.1, -0.05) is 42.5 Å². The van der Waals surface area contributed by atoms with Gasteiger partial charge in [0.25, 0.3) is 0 Å². The average molecular weight is 532 g/mol. The summed E-state index contributed by atoms with van der Waals surface area (Å²) in [5, 5.41) is 6.67. The van der Waals surface area contributed by atoms with E-state index in [-0.39, 0.29) is 24.0 Å². The third-order valence-corrected chi connectivity index (χ3v) is 4.58. The summed E-state index contributed by atoms with van der Waals surface area (Å²) < 4.78 is 11.0. The molecule has 0 amide bonds.